The minimum absolute atomic E-state index is 0.0339. The second-order valence-corrected chi connectivity index (χ2v) is 14.9. The summed E-state index contributed by atoms with van der Waals surface area (Å²) < 4.78 is 12.1. The van der Waals surface area contributed by atoms with Crippen molar-refractivity contribution in [3.05, 3.63) is 93.7 Å². The van der Waals surface area contributed by atoms with Crippen LogP contribution in [0.3, 0.4) is 0 Å². The molecule has 6 aromatic rings. The number of halogens is 1. The van der Waals surface area contributed by atoms with Gasteiger partial charge in [-0.25, -0.2) is 4.79 Å². The number of aryl methyl sites for hydroxylation is 3. The summed E-state index contributed by atoms with van der Waals surface area (Å²) >= 11 is 10.5. The number of amides is 1. The molecular weight excluding hydrogens is 692 g/mol. The van der Waals surface area contributed by atoms with Crippen LogP contribution in [0.15, 0.2) is 59.5 Å². The third-order valence-corrected chi connectivity index (χ3v) is 11.4. The number of aromatic nitrogens is 5. The zero-order valence-corrected chi connectivity index (χ0v) is 30.6. The summed E-state index contributed by atoms with van der Waals surface area (Å²) in [5, 5.41) is 26.5. The van der Waals surface area contributed by atoms with Gasteiger partial charge in [0.15, 0.2) is 0 Å². The molecule has 1 amide bonds. The van der Waals surface area contributed by atoms with Crippen LogP contribution in [-0.2, 0) is 49.2 Å². The lowest BCUT2D eigenvalue weighted by Crippen LogP contribution is -2.21. The van der Waals surface area contributed by atoms with Gasteiger partial charge in [0.2, 0.25) is 5.91 Å². The molecule has 0 atom stereocenters. The second-order valence-electron chi connectivity index (χ2n) is 12.4. The number of nitrogens with one attached hydrogen (secondary N) is 1. The topological polar surface area (TPSA) is 116 Å². The number of nitrogens with zero attached hydrogens (tertiary/aromatic N) is 5. The van der Waals surface area contributed by atoms with Gasteiger partial charge in [0, 0.05) is 106 Å². The molecule has 0 saturated heterocycles. The third-order valence-electron chi connectivity index (χ3n) is 9.14. The van der Waals surface area contributed by atoms with Gasteiger partial charge in [-0.1, -0.05) is 35.9 Å². The highest BCUT2D eigenvalue weighted by Crippen LogP contribution is 2.43. The van der Waals surface area contributed by atoms with Crippen LogP contribution >= 0.6 is 35.1 Å². The quantitative estimate of drug-likeness (QED) is 0.190. The molecule has 1 aliphatic heterocycles. The average Bonchev–Trinajstić information content (AvgIpc) is 3.70. The number of hydrogen-bond acceptors (Lipinski definition) is 7. The molecule has 0 spiro atoms. The van der Waals surface area contributed by atoms with Crippen LogP contribution in [0.5, 0.6) is 5.75 Å². The van der Waals surface area contributed by atoms with Crippen molar-refractivity contribution in [2.24, 2.45) is 14.1 Å². The minimum Gasteiger partial charge on any atom is -0.493 e. The minimum atomic E-state index is -1.08. The number of carboxylic acids is 1. The van der Waals surface area contributed by atoms with E-state index in [0.717, 1.165) is 66.6 Å². The monoisotopic (exact) mass is 728 g/mol. The molecule has 8 bridgehead atoms. The fourth-order valence-electron chi connectivity index (χ4n) is 6.75. The molecule has 4 heterocycles. The van der Waals surface area contributed by atoms with Crippen molar-refractivity contribution in [3.63, 3.8) is 0 Å². The Morgan fingerprint density at radius 2 is 1.84 bits per heavy atom. The molecule has 0 unspecified atom stereocenters. The Labute approximate surface area is 303 Å². The highest BCUT2D eigenvalue weighted by Gasteiger charge is 2.29. The van der Waals surface area contributed by atoms with E-state index >= 15 is 0 Å². The second kappa shape index (κ2) is 14.1. The lowest BCUT2D eigenvalue weighted by atomic mass is 9.96. The molecule has 7 rings (SSSR count). The molecule has 10 nitrogen and oxygen atoms in total. The summed E-state index contributed by atoms with van der Waals surface area (Å²) in [7, 11) is 3.88. The van der Waals surface area contributed by atoms with E-state index in [1.54, 1.807) is 23.5 Å². The normalized spacial score (nSPS) is 13.9. The first kappa shape index (κ1) is 34.1. The molecular formula is C37H37ClN6O4S2. The summed E-state index contributed by atoms with van der Waals surface area (Å²) in [6.45, 7) is 4.20. The van der Waals surface area contributed by atoms with Gasteiger partial charge in [0.05, 0.1) is 18.0 Å². The maximum Gasteiger partial charge on any atom is 0.352 e. The first-order chi connectivity index (χ1) is 24.1. The molecule has 50 heavy (non-hydrogen) atoms. The predicted octanol–water partition coefficient (Wildman–Crippen LogP) is 7.73. The third kappa shape index (κ3) is 6.47. The Kier molecular flexibility index (Phi) is 9.60. The average molecular weight is 729 g/mol. The standard InChI is InChI=1S/C37H37ClN6O4S2/c1-21-33-30(41-42(21)3)20-49-18-24-15-25(43(4)40-24)19-50-26-14-23-8-5-6-9-27(23)32(16-26)48-13-7-12-44-31-11-10-29(38)35(33)34(31)28(17-39-22(2)45)36(44)37(46)47/h5-6,8-11,14-16H,7,12-13,17-20H2,1-4H3,(H,39,45)(H,46,47). The summed E-state index contributed by atoms with van der Waals surface area (Å²) in [4.78, 5) is 26.3. The molecule has 3 aromatic carbocycles. The van der Waals surface area contributed by atoms with E-state index in [0.29, 0.717) is 47.1 Å². The number of benzene rings is 3. The number of carbonyl (C=O) groups excluding carboxylic acids is 1. The van der Waals surface area contributed by atoms with Crippen molar-refractivity contribution in [3.8, 4) is 16.9 Å². The van der Waals surface area contributed by atoms with Crippen LogP contribution in [0.4, 0.5) is 0 Å². The Morgan fingerprint density at radius 1 is 1.02 bits per heavy atom. The van der Waals surface area contributed by atoms with Crippen molar-refractivity contribution in [2.75, 3.05) is 6.61 Å². The largest absolute Gasteiger partial charge is 0.493 e. The molecule has 13 heteroatoms. The molecule has 258 valence electrons. The fourth-order valence-corrected chi connectivity index (χ4v) is 8.84. The molecule has 2 N–H and O–H groups in total. The van der Waals surface area contributed by atoms with Gasteiger partial charge in [-0.15, -0.1) is 23.5 Å². The number of ether oxygens (including phenoxy) is 1. The Bertz CT molecular complexity index is 2290. The van der Waals surface area contributed by atoms with E-state index in [9.17, 15) is 14.7 Å². The van der Waals surface area contributed by atoms with E-state index in [2.05, 4.69) is 35.6 Å². The molecule has 3 aromatic heterocycles. The van der Waals surface area contributed by atoms with Crippen LogP contribution in [0.1, 0.15) is 52.2 Å². The molecule has 0 fully saturated rings. The fraction of sp³-hybridized carbons (Fsp3) is 0.297. The van der Waals surface area contributed by atoms with E-state index in [1.165, 1.54) is 6.92 Å². The van der Waals surface area contributed by atoms with Gasteiger partial charge in [-0.3, -0.25) is 14.2 Å². The van der Waals surface area contributed by atoms with E-state index in [-0.39, 0.29) is 18.1 Å². The molecule has 0 aliphatic carbocycles. The maximum absolute atomic E-state index is 13.1. The lowest BCUT2D eigenvalue weighted by molar-refractivity contribution is -0.119. The maximum atomic E-state index is 13.1. The number of hydrogen-bond donors (Lipinski definition) is 2. The summed E-state index contributed by atoms with van der Waals surface area (Å²) in [5.41, 5.74) is 6.79. The van der Waals surface area contributed by atoms with Gasteiger partial charge >= 0.3 is 5.97 Å². The number of carbonyl (C=O) groups is 2. The predicted molar refractivity (Wildman–Crippen MR) is 200 cm³/mol. The van der Waals surface area contributed by atoms with Crippen molar-refractivity contribution >= 4 is 68.7 Å². The van der Waals surface area contributed by atoms with Gasteiger partial charge in [-0.05, 0) is 49.1 Å². The zero-order chi connectivity index (χ0) is 35.1. The smallest absolute Gasteiger partial charge is 0.352 e. The van der Waals surface area contributed by atoms with Gasteiger partial charge in [0.25, 0.3) is 0 Å². The van der Waals surface area contributed by atoms with Crippen molar-refractivity contribution in [1.82, 2.24) is 29.4 Å². The van der Waals surface area contributed by atoms with Crippen LogP contribution in [0, 0.1) is 6.92 Å². The van der Waals surface area contributed by atoms with Crippen molar-refractivity contribution in [2.45, 2.75) is 55.5 Å². The number of fused-ring (bicyclic) bond motifs is 8. The van der Waals surface area contributed by atoms with Crippen LogP contribution in [-0.4, -0.2) is 47.7 Å². The zero-order valence-electron chi connectivity index (χ0n) is 28.2. The summed E-state index contributed by atoms with van der Waals surface area (Å²) in [5.74, 6) is 1.49. The van der Waals surface area contributed by atoms with Gasteiger partial charge < -0.3 is 19.7 Å². The van der Waals surface area contributed by atoms with Gasteiger partial charge in [0.1, 0.15) is 11.4 Å². The Hall–Kier alpha value is -4.39. The van der Waals surface area contributed by atoms with Crippen LogP contribution in [0.25, 0.3) is 32.8 Å². The molecule has 0 saturated carbocycles. The van der Waals surface area contributed by atoms with Crippen molar-refractivity contribution in [1.29, 1.82) is 0 Å². The van der Waals surface area contributed by atoms with E-state index in [4.69, 9.17) is 26.5 Å². The molecule has 0 radical (unpaired) electrons. The number of rotatable bonds is 3. The highest BCUT2D eigenvalue weighted by molar-refractivity contribution is 7.98. The Morgan fingerprint density at radius 3 is 2.64 bits per heavy atom. The first-order valence-electron chi connectivity index (χ1n) is 16.3. The lowest BCUT2D eigenvalue weighted by Gasteiger charge is -2.14. The van der Waals surface area contributed by atoms with Crippen LogP contribution in [0.2, 0.25) is 5.02 Å². The highest BCUT2D eigenvalue weighted by atomic mass is 35.5. The number of carboxylic acid groups (broad SMARTS) is 1. The Balaban J connectivity index is 1.39. The number of thioether (sulfide) groups is 2. The first-order valence-corrected chi connectivity index (χ1v) is 18.8. The summed E-state index contributed by atoms with van der Waals surface area (Å²) in [6, 6.07) is 18.3. The van der Waals surface area contributed by atoms with Crippen molar-refractivity contribution < 1.29 is 19.4 Å². The van der Waals surface area contributed by atoms with E-state index in [1.807, 2.05) is 59.2 Å². The SMILES string of the molecule is CC(=O)NCc1c(C(=O)O)n2c3ccc(Cl)c(c13)-c1c(nn(C)c1C)CSCc1cc(n(C)n1)CSc1cc(c3ccccc3c1)OCCC2. The van der Waals surface area contributed by atoms with Crippen LogP contribution < -0.4 is 10.1 Å². The molecule has 1 aliphatic rings. The van der Waals surface area contributed by atoms with E-state index < -0.39 is 5.97 Å². The van der Waals surface area contributed by atoms with Gasteiger partial charge in [-0.2, -0.15) is 10.2 Å². The summed E-state index contributed by atoms with van der Waals surface area (Å²) in [6.07, 6.45) is 0.541. The number of aromatic carboxylic acids is 1.